The van der Waals surface area contributed by atoms with E-state index in [1.165, 1.54) is 0 Å². The molecule has 1 saturated heterocycles. The Morgan fingerprint density at radius 2 is 2.07 bits per heavy atom. The van der Waals surface area contributed by atoms with Gasteiger partial charge in [-0.3, -0.25) is 9.59 Å². The molecule has 0 unspecified atom stereocenters. The first-order valence-corrected chi connectivity index (χ1v) is 5.03. The fourth-order valence-corrected chi connectivity index (χ4v) is 1.46. The van der Waals surface area contributed by atoms with Crippen LogP contribution in [0.4, 0.5) is 0 Å². The van der Waals surface area contributed by atoms with Gasteiger partial charge in [-0.1, -0.05) is 27.7 Å². The monoisotopic (exact) mass is 198 g/mol. The lowest BCUT2D eigenvalue weighted by molar-refractivity contribution is -0.143. The summed E-state index contributed by atoms with van der Waals surface area (Å²) in [5.41, 5.74) is -0.339. The summed E-state index contributed by atoms with van der Waals surface area (Å²) in [6, 6.07) is 0. The summed E-state index contributed by atoms with van der Waals surface area (Å²) in [7, 11) is 0. The molecule has 0 amide bonds. The van der Waals surface area contributed by atoms with Gasteiger partial charge in [-0.15, -0.1) is 0 Å². The Hall–Kier alpha value is -0.860. The molecule has 1 aliphatic heterocycles. The topological polar surface area (TPSA) is 43.4 Å². The predicted molar refractivity (Wildman–Crippen MR) is 52.7 cm³/mol. The van der Waals surface area contributed by atoms with Crippen LogP contribution in [-0.2, 0) is 14.3 Å². The van der Waals surface area contributed by atoms with Crippen LogP contribution >= 0.6 is 0 Å². The number of rotatable bonds is 2. The van der Waals surface area contributed by atoms with Crippen molar-refractivity contribution in [2.24, 2.45) is 11.3 Å². The average molecular weight is 198 g/mol. The van der Waals surface area contributed by atoms with E-state index in [1.54, 1.807) is 0 Å². The molecule has 80 valence electrons. The Bertz CT molecular complexity index is 250. The number of esters is 1. The van der Waals surface area contributed by atoms with Gasteiger partial charge in [0, 0.05) is 17.8 Å². The van der Waals surface area contributed by atoms with Crippen LogP contribution in [0, 0.1) is 11.3 Å². The third-order valence-corrected chi connectivity index (χ3v) is 2.63. The highest BCUT2D eigenvalue weighted by Crippen LogP contribution is 2.27. The molecule has 0 bridgehead atoms. The molecule has 0 aromatic heterocycles. The predicted octanol–water partition coefficient (Wildman–Crippen LogP) is 1.94. The van der Waals surface area contributed by atoms with Crippen molar-refractivity contribution in [2.45, 2.75) is 46.6 Å². The van der Waals surface area contributed by atoms with Crippen LogP contribution < -0.4 is 0 Å². The maximum atomic E-state index is 11.7. The maximum Gasteiger partial charge on any atom is 0.306 e. The lowest BCUT2D eigenvalue weighted by Crippen LogP contribution is -2.27. The summed E-state index contributed by atoms with van der Waals surface area (Å²) < 4.78 is 5.08. The van der Waals surface area contributed by atoms with Crippen molar-refractivity contribution < 1.29 is 14.3 Å². The van der Waals surface area contributed by atoms with Gasteiger partial charge in [0.15, 0.2) is 0 Å². The lowest BCUT2D eigenvalue weighted by Gasteiger charge is -2.20. The third kappa shape index (κ3) is 2.56. The van der Waals surface area contributed by atoms with Crippen molar-refractivity contribution in [3.63, 3.8) is 0 Å². The smallest absolute Gasteiger partial charge is 0.306 e. The Morgan fingerprint density at radius 1 is 1.50 bits per heavy atom. The first-order valence-electron chi connectivity index (χ1n) is 5.03. The van der Waals surface area contributed by atoms with E-state index in [-0.39, 0.29) is 29.2 Å². The third-order valence-electron chi connectivity index (χ3n) is 2.63. The maximum absolute atomic E-state index is 11.7. The number of cyclic esters (lactones) is 1. The van der Waals surface area contributed by atoms with Crippen LogP contribution in [-0.4, -0.2) is 17.9 Å². The molecule has 0 radical (unpaired) electrons. The van der Waals surface area contributed by atoms with E-state index in [9.17, 15) is 9.59 Å². The molecular weight excluding hydrogens is 180 g/mol. The molecule has 0 saturated carbocycles. The molecule has 3 heteroatoms. The summed E-state index contributed by atoms with van der Waals surface area (Å²) >= 11 is 0. The molecular formula is C11H18O3. The zero-order valence-electron chi connectivity index (χ0n) is 9.29. The average Bonchev–Trinajstić information content (AvgIpc) is 2.28. The largest absolute Gasteiger partial charge is 0.462 e. The van der Waals surface area contributed by atoms with E-state index >= 15 is 0 Å². The standard InChI is InChI=1S/C11H18O3/c1-7-5-10(13)14-8(7)6-9(12)11(2,3)4/h7-8H,5-6H2,1-4H3/t7-,8-/m0/s1. The van der Waals surface area contributed by atoms with Crippen molar-refractivity contribution in [3.05, 3.63) is 0 Å². The minimum atomic E-state index is -0.339. The molecule has 0 spiro atoms. The van der Waals surface area contributed by atoms with Gasteiger partial charge in [-0.2, -0.15) is 0 Å². The zero-order chi connectivity index (χ0) is 10.9. The zero-order valence-corrected chi connectivity index (χ0v) is 9.29. The molecule has 0 N–H and O–H groups in total. The SMILES string of the molecule is C[C@H]1CC(=O)O[C@H]1CC(=O)C(C)(C)C. The summed E-state index contributed by atoms with van der Waals surface area (Å²) in [6.07, 6.45) is 0.604. The molecule has 1 fully saturated rings. The molecule has 14 heavy (non-hydrogen) atoms. The quantitative estimate of drug-likeness (QED) is 0.637. The highest BCUT2D eigenvalue weighted by Gasteiger charge is 2.35. The first kappa shape index (κ1) is 11.2. The Morgan fingerprint density at radius 3 is 2.43 bits per heavy atom. The van der Waals surface area contributed by atoms with Gasteiger partial charge in [-0.05, 0) is 0 Å². The van der Waals surface area contributed by atoms with Gasteiger partial charge in [0.2, 0.25) is 0 Å². The summed E-state index contributed by atoms with van der Waals surface area (Å²) in [5, 5.41) is 0. The minimum absolute atomic E-state index is 0.157. The van der Waals surface area contributed by atoms with Gasteiger partial charge < -0.3 is 4.74 Å². The van der Waals surface area contributed by atoms with E-state index in [0.29, 0.717) is 12.8 Å². The van der Waals surface area contributed by atoms with Crippen LogP contribution in [0.25, 0.3) is 0 Å². The highest BCUT2D eigenvalue weighted by atomic mass is 16.5. The molecule has 0 aliphatic carbocycles. The number of carbonyl (C=O) groups is 2. The van der Waals surface area contributed by atoms with Crippen molar-refractivity contribution in [3.8, 4) is 0 Å². The van der Waals surface area contributed by atoms with Crippen LogP contribution in [0.3, 0.4) is 0 Å². The van der Waals surface area contributed by atoms with Gasteiger partial charge in [-0.25, -0.2) is 0 Å². The summed E-state index contributed by atoms with van der Waals surface area (Å²) in [6.45, 7) is 7.61. The lowest BCUT2D eigenvalue weighted by atomic mass is 9.85. The van der Waals surface area contributed by atoms with Gasteiger partial charge in [0.05, 0.1) is 6.42 Å². The fraction of sp³-hybridized carbons (Fsp3) is 0.818. The minimum Gasteiger partial charge on any atom is -0.462 e. The normalized spacial score (nSPS) is 27.6. The Labute approximate surface area is 84.8 Å². The molecule has 2 atom stereocenters. The molecule has 0 aromatic carbocycles. The van der Waals surface area contributed by atoms with Crippen LogP contribution in [0.2, 0.25) is 0 Å². The van der Waals surface area contributed by atoms with E-state index in [1.807, 2.05) is 27.7 Å². The molecule has 3 nitrogen and oxygen atoms in total. The second-order valence-electron chi connectivity index (χ2n) is 5.09. The number of hydrogen-bond acceptors (Lipinski definition) is 3. The van der Waals surface area contributed by atoms with Crippen molar-refractivity contribution in [1.29, 1.82) is 0 Å². The summed E-state index contributed by atoms with van der Waals surface area (Å²) in [5.74, 6) is 0.155. The van der Waals surface area contributed by atoms with Crippen LogP contribution in [0.5, 0.6) is 0 Å². The summed E-state index contributed by atoms with van der Waals surface area (Å²) in [4.78, 5) is 22.6. The van der Waals surface area contributed by atoms with Crippen LogP contribution in [0.1, 0.15) is 40.5 Å². The number of hydrogen-bond donors (Lipinski definition) is 0. The van der Waals surface area contributed by atoms with Crippen molar-refractivity contribution in [2.75, 3.05) is 0 Å². The Balaban J connectivity index is 2.53. The molecule has 1 aliphatic rings. The van der Waals surface area contributed by atoms with Gasteiger partial charge in [0.25, 0.3) is 0 Å². The number of Topliss-reactive ketones (excluding diaryl/α,β-unsaturated/α-hetero) is 1. The van der Waals surface area contributed by atoms with Crippen molar-refractivity contribution >= 4 is 11.8 Å². The van der Waals surface area contributed by atoms with Gasteiger partial charge >= 0.3 is 5.97 Å². The van der Waals surface area contributed by atoms with E-state index in [4.69, 9.17) is 4.74 Å². The first-order chi connectivity index (χ1) is 6.30. The molecule has 0 aromatic rings. The van der Waals surface area contributed by atoms with E-state index in [2.05, 4.69) is 0 Å². The number of ketones is 1. The second-order valence-corrected chi connectivity index (χ2v) is 5.09. The van der Waals surface area contributed by atoms with Crippen LogP contribution in [0.15, 0.2) is 0 Å². The fourth-order valence-electron chi connectivity index (χ4n) is 1.46. The molecule has 1 rings (SSSR count). The highest BCUT2D eigenvalue weighted by molar-refractivity contribution is 5.85. The number of ether oxygens (including phenoxy) is 1. The Kier molecular flexibility index (Phi) is 2.98. The molecule has 1 heterocycles. The van der Waals surface area contributed by atoms with Gasteiger partial charge in [0.1, 0.15) is 11.9 Å². The van der Waals surface area contributed by atoms with Crippen molar-refractivity contribution in [1.82, 2.24) is 0 Å². The number of carbonyl (C=O) groups excluding carboxylic acids is 2. The van der Waals surface area contributed by atoms with E-state index < -0.39 is 0 Å². The second kappa shape index (κ2) is 3.71. The van der Waals surface area contributed by atoms with E-state index in [0.717, 1.165) is 0 Å².